The van der Waals surface area contributed by atoms with Crippen LogP contribution in [0.25, 0.3) is 0 Å². The van der Waals surface area contributed by atoms with E-state index in [1.807, 2.05) is 20.8 Å². The average molecular weight is 395 g/mol. The van der Waals surface area contributed by atoms with Gasteiger partial charge in [0.2, 0.25) is 17.6 Å². The summed E-state index contributed by atoms with van der Waals surface area (Å²) in [6.45, 7) is 6.55. The van der Waals surface area contributed by atoms with E-state index in [0.29, 0.717) is 24.7 Å². The van der Waals surface area contributed by atoms with E-state index in [1.54, 1.807) is 17.0 Å². The molecule has 1 aromatic heterocycles. The molecule has 1 amide bonds. The highest BCUT2D eigenvalue weighted by Gasteiger charge is 2.36. The van der Waals surface area contributed by atoms with E-state index in [-0.39, 0.29) is 24.2 Å². The third kappa shape index (κ3) is 3.85. The van der Waals surface area contributed by atoms with Crippen LogP contribution in [0, 0.1) is 26.6 Å². The van der Waals surface area contributed by atoms with Gasteiger partial charge in [0.15, 0.2) is 18.2 Å². The second kappa shape index (κ2) is 7.66. The lowest BCUT2D eigenvalue weighted by molar-refractivity contribution is -0.117. The van der Waals surface area contributed by atoms with Gasteiger partial charge in [-0.15, -0.1) is 0 Å². The molecule has 1 aliphatic heterocycles. The van der Waals surface area contributed by atoms with Gasteiger partial charge in [-0.2, -0.15) is 4.98 Å². The van der Waals surface area contributed by atoms with Gasteiger partial charge in [0.05, 0.1) is 5.92 Å². The van der Waals surface area contributed by atoms with Gasteiger partial charge < -0.3 is 14.2 Å². The fraction of sp³-hybridized carbons (Fsp3) is 0.318. The topological polar surface area (TPSA) is 68.5 Å². The van der Waals surface area contributed by atoms with Crippen molar-refractivity contribution in [1.29, 1.82) is 0 Å². The molecule has 150 valence electrons. The van der Waals surface area contributed by atoms with Crippen molar-refractivity contribution in [2.24, 2.45) is 0 Å². The molecule has 2 aromatic carbocycles. The van der Waals surface area contributed by atoms with Crippen LogP contribution in [0.1, 0.15) is 40.7 Å². The van der Waals surface area contributed by atoms with Gasteiger partial charge in [0.1, 0.15) is 0 Å². The maximum Gasteiger partial charge on any atom is 0.232 e. The van der Waals surface area contributed by atoms with E-state index in [1.165, 1.54) is 17.7 Å². The van der Waals surface area contributed by atoms with E-state index >= 15 is 0 Å². The fourth-order valence-electron chi connectivity index (χ4n) is 3.88. The van der Waals surface area contributed by atoms with Gasteiger partial charge in [0, 0.05) is 18.7 Å². The molecule has 3 aromatic rings. The minimum Gasteiger partial charge on any atom is -0.482 e. The van der Waals surface area contributed by atoms with Crippen LogP contribution in [-0.2, 0) is 11.4 Å². The SMILES string of the molecule is Cc1cc(C)c(N2CC(c3nc(COc4ccccc4F)no3)CC2=O)c(C)c1. The van der Waals surface area contributed by atoms with E-state index in [2.05, 4.69) is 22.3 Å². The quantitative estimate of drug-likeness (QED) is 0.647. The molecule has 1 saturated heterocycles. The lowest BCUT2D eigenvalue weighted by Gasteiger charge is -2.21. The molecule has 0 N–H and O–H groups in total. The second-order valence-electron chi connectivity index (χ2n) is 7.42. The average Bonchev–Trinajstić information content (AvgIpc) is 3.27. The third-order valence-corrected chi connectivity index (χ3v) is 5.06. The molecule has 6 nitrogen and oxygen atoms in total. The van der Waals surface area contributed by atoms with Crippen LogP contribution >= 0.6 is 0 Å². The van der Waals surface area contributed by atoms with Crippen LogP contribution in [0.5, 0.6) is 5.75 Å². The maximum atomic E-state index is 13.6. The highest BCUT2D eigenvalue weighted by Crippen LogP contribution is 2.35. The summed E-state index contributed by atoms with van der Waals surface area (Å²) in [6.07, 6.45) is 0.308. The number of aromatic nitrogens is 2. The van der Waals surface area contributed by atoms with Crippen molar-refractivity contribution in [2.45, 2.75) is 39.7 Å². The number of nitrogens with zero attached hydrogens (tertiary/aromatic N) is 3. The van der Waals surface area contributed by atoms with E-state index in [4.69, 9.17) is 9.26 Å². The summed E-state index contributed by atoms with van der Waals surface area (Å²) in [5.74, 6) is 0.250. The number of carbonyl (C=O) groups excluding carboxylic acids is 1. The van der Waals surface area contributed by atoms with Crippen molar-refractivity contribution in [3.05, 3.63) is 70.6 Å². The molecule has 0 bridgehead atoms. The number of anilines is 1. The molecular formula is C22H22FN3O3. The van der Waals surface area contributed by atoms with Crippen molar-refractivity contribution < 1.29 is 18.4 Å². The van der Waals surface area contributed by atoms with Gasteiger partial charge >= 0.3 is 0 Å². The first-order valence-electron chi connectivity index (χ1n) is 9.50. The van der Waals surface area contributed by atoms with Crippen LogP contribution in [-0.4, -0.2) is 22.6 Å². The summed E-state index contributed by atoms with van der Waals surface area (Å²) in [6, 6.07) is 10.3. The van der Waals surface area contributed by atoms with Gasteiger partial charge in [-0.1, -0.05) is 35.0 Å². The summed E-state index contributed by atoms with van der Waals surface area (Å²) in [4.78, 5) is 18.8. The Balaban J connectivity index is 1.47. The second-order valence-corrected chi connectivity index (χ2v) is 7.42. The summed E-state index contributed by atoms with van der Waals surface area (Å²) >= 11 is 0. The monoisotopic (exact) mass is 395 g/mol. The van der Waals surface area contributed by atoms with Crippen LogP contribution < -0.4 is 9.64 Å². The lowest BCUT2D eigenvalue weighted by atomic mass is 10.0. The first-order valence-corrected chi connectivity index (χ1v) is 9.50. The maximum absolute atomic E-state index is 13.6. The zero-order valence-electron chi connectivity index (χ0n) is 16.6. The van der Waals surface area contributed by atoms with Crippen LogP contribution in [0.2, 0.25) is 0 Å². The largest absolute Gasteiger partial charge is 0.482 e. The normalized spacial score (nSPS) is 16.5. The fourth-order valence-corrected chi connectivity index (χ4v) is 3.88. The Morgan fingerprint density at radius 3 is 2.66 bits per heavy atom. The molecule has 1 fully saturated rings. The van der Waals surface area contributed by atoms with Gasteiger partial charge in [0.25, 0.3) is 0 Å². The Hall–Kier alpha value is -3.22. The predicted octanol–water partition coefficient (Wildman–Crippen LogP) is 4.23. The molecule has 7 heteroatoms. The minimum atomic E-state index is -0.447. The molecule has 0 radical (unpaired) electrons. The highest BCUT2D eigenvalue weighted by molar-refractivity contribution is 5.97. The molecule has 1 atom stereocenters. The van der Waals surface area contributed by atoms with E-state index in [9.17, 15) is 9.18 Å². The smallest absolute Gasteiger partial charge is 0.232 e. The van der Waals surface area contributed by atoms with Crippen molar-refractivity contribution in [2.75, 3.05) is 11.4 Å². The van der Waals surface area contributed by atoms with Gasteiger partial charge in [-0.25, -0.2) is 4.39 Å². The Morgan fingerprint density at radius 2 is 1.93 bits per heavy atom. The van der Waals surface area contributed by atoms with Crippen LogP contribution in [0.4, 0.5) is 10.1 Å². The Labute approximate surface area is 168 Å². The van der Waals surface area contributed by atoms with Crippen LogP contribution in [0.3, 0.4) is 0 Å². The zero-order chi connectivity index (χ0) is 20.5. The molecule has 4 rings (SSSR count). The number of aryl methyl sites for hydroxylation is 3. The van der Waals surface area contributed by atoms with Gasteiger partial charge in [-0.05, 0) is 44.0 Å². The number of amides is 1. The molecule has 29 heavy (non-hydrogen) atoms. The summed E-state index contributed by atoms with van der Waals surface area (Å²) in [5, 5.41) is 3.91. The minimum absolute atomic E-state index is 0.00894. The highest BCUT2D eigenvalue weighted by atomic mass is 19.1. The van der Waals surface area contributed by atoms with Crippen molar-refractivity contribution in [3.8, 4) is 5.75 Å². The zero-order valence-corrected chi connectivity index (χ0v) is 16.6. The first-order chi connectivity index (χ1) is 13.9. The molecule has 0 saturated carbocycles. The number of para-hydroxylation sites is 1. The number of benzene rings is 2. The number of carbonyl (C=O) groups is 1. The van der Waals surface area contributed by atoms with E-state index < -0.39 is 5.82 Å². The Kier molecular flexibility index (Phi) is 5.05. The van der Waals surface area contributed by atoms with E-state index in [0.717, 1.165) is 16.8 Å². The number of rotatable bonds is 5. The lowest BCUT2D eigenvalue weighted by Crippen LogP contribution is -2.26. The molecule has 0 aliphatic carbocycles. The number of halogens is 1. The molecule has 0 spiro atoms. The first kappa shape index (κ1) is 19.1. The molecular weight excluding hydrogens is 373 g/mol. The third-order valence-electron chi connectivity index (χ3n) is 5.06. The summed E-state index contributed by atoms with van der Waals surface area (Å²) in [7, 11) is 0. The molecule has 2 heterocycles. The molecule has 1 aliphatic rings. The standard InChI is InChI=1S/C22H22FN3O3/c1-13-8-14(2)21(15(3)9-13)26-11-16(10-20(26)27)22-24-19(25-29-22)12-28-18-7-5-4-6-17(18)23/h4-9,16H,10-12H2,1-3H3. The van der Waals surface area contributed by atoms with Crippen molar-refractivity contribution in [3.63, 3.8) is 0 Å². The summed E-state index contributed by atoms with van der Waals surface area (Å²) in [5.41, 5.74) is 4.26. The molecule has 1 unspecified atom stereocenters. The summed E-state index contributed by atoms with van der Waals surface area (Å²) < 4.78 is 24.4. The number of hydrogen-bond acceptors (Lipinski definition) is 5. The predicted molar refractivity (Wildman–Crippen MR) is 105 cm³/mol. The Morgan fingerprint density at radius 1 is 1.21 bits per heavy atom. The number of ether oxygens (including phenoxy) is 1. The Bertz CT molecular complexity index is 1040. The van der Waals surface area contributed by atoms with Crippen molar-refractivity contribution >= 4 is 11.6 Å². The van der Waals surface area contributed by atoms with Crippen molar-refractivity contribution in [1.82, 2.24) is 10.1 Å². The number of hydrogen-bond donors (Lipinski definition) is 0. The van der Waals surface area contributed by atoms with Crippen LogP contribution in [0.15, 0.2) is 40.9 Å². The van der Waals surface area contributed by atoms with Gasteiger partial charge in [-0.3, -0.25) is 4.79 Å².